The second-order valence-corrected chi connectivity index (χ2v) is 7.41. The van der Waals surface area contributed by atoms with Crippen molar-refractivity contribution in [3.05, 3.63) is 0 Å². The van der Waals surface area contributed by atoms with Crippen LogP contribution >= 0.6 is 0 Å². The maximum atomic E-state index is 12.1. The zero-order valence-corrected chi connectivity index (χ0v) is 13.8. The first kappa shape index (κ1) is 16.5. The van der Waals surface area contributed by atoms with Crippen LogP contribution in [0.15, 0.2) is 0 Å². The molecule has 6 nitrogen and oxygen atoms in total. The zero-order chi connectivity index (χ0) is 15.9. The van der Waals surface area contributed by atoms with Gasteiger partial charge in [-0.25, -0.2) is 4.79 Å². The van der Waals surface area contributed by atoms with Crippen LogP contribution in [0.5, 0.6) is 0 Å². The second-order valence-electron chi connectivity index (χ2n) is 7.41. The van der Waals surface area contributed by atoms with Gasteiger partial charge in [-0.1, -0.05) is 13.8 Å². The highest BCUT2D eigenvalue weighted by Gasteiger charge is 2.58. The predicted octanol–water partition coefficient (Wildman–Crippen LogP) is 2.42. The fourth-order valence-corrected chi connectivity index (χ4v) is 2.60. The van der Waals surface area contributed by atoms with E-state index in [1.807, 2.05) is 41.5 Å². The average Bonchev–Trinajstić information content (AvgIpc) is 2.54. The van der Waals surface area contributed by atoms with Crippen LogP contribution in [0.4, 0.5) is 4.79 Å². The van der Waals surface area contributed by atoms with Crippen molar-refractivity contribution in [3.63, 3.8) is 0 Å². The Morgan fingerprint density at radius 2 is 1.95 bits per heavy atom. The second kappa shape index (κ2) is 5.41. The molecule has 0 spiro atoms. The summed E-state index contributed by atoms with van der Waals surface area (Å²) < 4.78 is 22.9. The average molecular weight is 301 g/mol. The molecule has 0 aromatic rings. The Bertz CT molecular complexity index is 405. The van der Waals surface area contributed by atoms with Crippen molar-refractivity contribution in [1.82, 2.24) is 5.32 Å². The van der Waals surface area contributed by atoms with Gasteiger partial charge in [-0.05, 0) is 33.6 Å². The number of rotatable bonds is 3. The van der Waals surface area contributed by atoms with Gasteiger partial charge in [0, 0.05) is 6.42 Å². The summed E-state index contributed by atoms with van der Waals surface area (Å²) in [6, 6.07) is -0.436. The highest BCUT2D eigenvalue weighted by molar-refractivity contribution is 5.68. The lowest BCUT2D eigenvalue weighted by atomic mass is 10.00. The van der Waals surface area contributed by atoms with Gasteiger partial charge in [0.05, 0.1) is 18.8 Å². The predicted molar refractivity (Wildman–Crippen MR) is 76.7 cm³/mol. The molecule has 6 heteroatoms. The molecule has 2 aliphatic heterocycles. The van der Waals surface area contributed by atoms with Gasteiger partial charge in [0.2, 0.25) is 0 Å². The molecule has 1 amide bonds. The van der Waals surface area contributed by atoms with E-state index in [1.165, 1.54) is 0 Å². The van der Waals surface area contributed by atoms with E-state index >= 15 is 0 Å². The van der Waals surface area contributed by atoms with Gasteiger partial charge in [-0.2, -0.15) is 0 Å². The molecule has 0 radical (unpaired) electrons. The van der Waals surface area contributed by atoms with Gasteiger partial charge in [0.1, 0.15) is 11.6 Å². The van der Waals surface area contributed by atoms with E-state index in [4.69, 9.17) is 18.9 Å². The standard InChI is InChI=1S/C15H27NO5/c1-10(2)11(16-12(17)20-13(3,4)5)15-18-8-7-14(6,21-15)9-19-15/h10-11H,7-9H2,1-6H3,(H,16,17)/t11-,14?,15?/m0/s1. The number of hydrogen-bond acceptors (Lipinski definition) is 5. The number of nitrogens with one attached hydrogen (secondary N) is 1. The van der Waals surface area contributed by atoms with Crippen LogP contribution in [0.25, 0.3) is 0 Å². The molecule has 2 unspecified atom stereocenters. The molecule has 2 rings (SSSR count). The molecule has 2 fully saturated rings. The quantitative estimate of drug-likeness (QED) is 0.867. The Kier molecular flexibility index (Phi) is 4.26. The Balaban J connectivity index is 2.11. The molecule has 2 bridgehead atoms. The molecular formula is C15H27NO5. The van der Waals surface area contributed by atoms with E-state index in [1.54, 1.807) is 0 Å². The third kappa shape index (κ3) is 3.67. The van der Waals surface area contributed by atoms with Crippen molar-refractivity contribution in [1.29, 1.82) is 0 Å². The van der Waals surface area contributed by atoms with Crippen molar-refractivity contribution in [2.75, 3.05) is 13.2 Å². The lowest BCUT2D eigenvalue weighted by Gasteiger charge is -2.41. The number of ether oxygens (including phenoxy) is 4. The molecule has 2 heterocycles. The third-order valence-corrected chi connectivity index (χ3v) is 3.62. The molecule has 2 saturated heterocycles. The topological polar surface area (TPSA) is 66.0 Å². The van der Waals surface area contributed by atoms with Crippen LogP contribution in [-0.4, -0.2) is 42.5 Å². The highest BCUT2D eigenvalue weighted by Crippen LogP contribution is 2.42. The van der Waals surface area contributed by atoms with Crippen molar-refractivity contribution >= 4 is 6.09 Å². The maximum Gasteiger partial charge on any atom is 0.408 e. The Labute approximate surface area is 126 Å². The van der Waals surface area contributed by atoms with Gasteiger partial charge in [-0.15, -0.1) is 0 Å². The third-order valence-electron chi connectivity index (χ3n) is 3.62. The van der Waals surface area contributed by atoms with Crippen molar-refractivity contribution < 1.29 is 23.7 Å². The highest BCUT2D eigenvalue weighted by atomic mass is 16.9. The minimum Gasteiger partial charge on any atom is -0.444 e. The summed E-state index contributed by atoms with van der Waals surface area (Å²) in [5.41, 5.74) is -0.899. The summed E-state index contributed by atoms with van der Waals surface area (Å²) in [5.74, 6) is -1.14. The molecule has 2 aliphatic rings. The van der Waals surface area contributed by atoms with Crippen LogP contribution in [0.3, 0.4) is 0 Å². The van der Waals surface area contributed by atoms with Crippen LogP contribution < -0.4 is 5.32 Å². The molecule has 0 aromatic heterocycles. The molecule has 122 valence electrons. The first-order valence-electron chi connectivity index (χ1n) is 7.53. The van der Waals surface area contributed by atoms with Crippen molar-refractivity contribution in [3.8, 4) is 0 Å². The molecule has 0 saturated carbocycles. The minimum atomic E-state index is -1.21. The number of amides is 1. The van der Waals surface area contributed by atoms with Gasteiger partial charge >= 0.3 is 12.1 Å². The summed E-state index contributed by atoms with van der Waals surface area (Å²) in [4.78, 5) is 12.1. The molecule has 0 aromatic carbocycles. The number of carbonyl (C=O) groups is 1. The summed E-state index contributed by atoms with van der Waals surface area (Å²) in [5, 5.41) is 2.84. The lowest BCUT2D eigenvalue weighted by Crippen LogP contribution is -2.60. The van der Waals surface area contributed by atoms with E-state index in [-0.39, 0.29) is 11.5 Å². The molecule has 0 aliphatic carbocycles. The Morgan fingerprint density at radius 1 is 1.29 bits per heavy atom. The van der Waals surface area contributed by atoms with Gasteiger partial charge in [0.15, 0.2) is 0 Å². The van der Waals surface area contributed by atoms with Crippen LogP contribution in [0.2, 0.25) is 0 Å². The van der Waals surface area contributed by atoms with E-state index < -0.39 is 23.7 Å². The Morgan fingerprint density at radius 3 is 2.52 bits per heavy atom. The number of carbonyl (C=O) groups excluding carboxylic acids is 1. The SMILES string of the molecule is CC(C)[C@H](NC(=O)OC(C)(C)C)C12OCCC(C)(CO1)O2. The first-order valence-corrected chi connectivity index (χ1v) is 7.53. The van der Waals surface area contributed by atoms with E-state index in [0.29, 0.717) is 13.2 Å². The molecule has 1 N–H and O–H groups in total. The van der Waals surface area contributed by atoms with Crippen LogP contribution in [0, 0.1) is 5.92 Å². The smallest absolute Gasteiger partial charge is 0.408 e. The molecule has 21 heavy (non-hydrogen) atoms. The monoisotopic (exact) mass is 301 g/mol. The number of fused-ring (bicyclic) bond motifs is 2. The lowest BCUT2D eigenvalue weighted by molar-refractivity contribution is -0.382. The van der Waals surface area contributed by atoms with E-state index in [9.17, 15) is 4.79 Å². The molecular weight excluding hydrogens is 274 g/mol. The normalized spacial score (nSPS) is 33.9. The minimum absolute atomic E-state index is 0.0676. The summed E-state index contributed by atoms with van der Waals surface area (Å²) >= 11 is 0. The van der Waals surface area contributed by atoms with E-state index in [0.717, 1.165) is 6.42 Å². The van der Waals surface area contributed by atoms with Crippen molar-refractivity contribution in [2.45, 2.75) is 71.2 Å². The first-order chi connectivity index (χ1) is 9.55. The zero-order valence-electron chi connectivity index (χ0n) is 13.8. The number of hydrogen-bond donors (Lipinski definition) is 1. The summed E-state index contributed by atoms with van der Waals surface area (Å²) in [6.45, 7) is 12.5. The largest absolute Gasteiger partial charge is 0.444 e. The van der Waals surface area contributed by atoms with Crippen LogP contribution in [0.1, 0.15) is 48.0 Å². The maximum absolute atomic E-state index is 12.1. The van der Waals surface area contributed by atoms with E-state index in [2.05, 4.69) is 5.32 Å². The Hall–Kier alpha value is -0.850. The van der Waals surface area contributed by atoms with Crippen molar-refractivity contribution in [2.24, 2.45) is 5.92 Å². The fourth-order valence-electron chi connectivity index (χ4n) is 2.60. The summed E-state index contributed by atoms with van der Waals surface area (Å²) in [6.07, 6.45) is 0.289. The van der Waals surface area contributed by atoms with Crippen LogP contribution in [-0.2, 0) is 18.9 Å². The fraction of sp³-hybridized carbons (Fsp3) is 0.933. The van der Waals surface area contributed by atoms with Gasteiger partial charge < -0.3 is 24.3 Å². The van der Waals surface area contributed by atoms with Gasteiger partial charge in [0.25, 0.3) is 0 Å². The summed E-state index contributed by atoms with van der Waals surface area (Å²) in [7, 11) is 0. The number of alkyl carbamates (subject to hydrolysis) is 1. The molecule has 3 atom stereocenters. The van der Waals surface area contributed by atoms with Gasteiger partial charge in [-0.3, -0.25) is 0 Å².